The Balaban J connectivity index is 2.04. The lowest BCUT2D eigenvalue weighted by atomic mass is 10.3. The summed E-state index contributed by atoms with van der Waals surface area (Å²) in [6.07, 6.45) is 0.852. The summed E-state index contributed by atoms with van der Waals surface area (Å²) >= 11 is 5.91. The molecule has 0 saturated carbocycles. The predicted molar refractivity (Wildman–Crippen MR) is 69.2 cm³/mol. The molecule has 0 saturated heterocycles. The minimum Gasteiger partial charge on any atom is -0.378 e. The van der Waals surface area contributed by atoms with Crippen LogP contribution in [0.2, 0.25) is 5.02 Å². The number of halogens is 1. The first-order valence-corrected chi connectivity index (χ1v) is 5.95. The largest absolute Gasteiger partial charge is 0.378 e. The molecule has 2 rings (SSSR count). The summed E-state index contributed by atoms with van der Waals surface area (Å²) in [6.45, 7) is 2.69. The van der Waals surface area contributed by atoms with Crippen molar-refractivity contribution in [2.75, 3.05) is 5.32 Å². The number of hydrogen-bond acceptors (Lipinski definition) is 3. The minimum absolute atomic E-state index is 0.643. The van der Waals surface area contributed by atoms with E-state index in [9.17, 15) is 0 Å². The molecular formula is C12H15ClN4. The van der Waals surface area contributed by atoms with E-state index in [-0.39, 0.29) is 0 Å². The lowest BCUT2D eigenvalue weighted by Crippen LogP contribution is -2.06. The Kier molecular flexibility index (Phi) is 3.64. The van der Waals surface area contributed by atoms with Crippen LogP contribution in [-0.4, -0.2) is 14.8 Å². The Bertz CT molecular complexity index is 507. The summed E-state index contributed by atoms with van der Waals surface area (Å²) in [5.74, 6) is 1.79. The van der Waals surface area contributed by atoms with Gasteiger partial charge in [0, 0.05) is 24.2 Å². The molecule has 0 unspecified atom stereocenters. The standard InChI is InChI=1S/C12H15ClN4/c1-3-11-15-12(17(2)16-11)8-14-10-6-4-5-9(13)7-10/h4-7,14H,3,8H2,1-2H3. The number of nitrogens with zero attached hydrogens (tertiary/aromatic N) is 3. The van der Waals surface area contributed by atoms with Crippen molar-refractivity contribution in [2.45, 2.75) is 19.9 Å². The quantitative estimate of drug-likeness (QED) is 0.907. The summed E-state index contributed by atoms with van der Waals surface area (Å²) in [6, 6.07) is 7.63. The monoisotopic (exact) mass is 250 g/mol. The predicted octanol–water partition coefficient (Wildman–Crippen LogP) is 2.64. The number of benzene rings is 1. The molecule has 4 nitrogen and oxygen atoms in total. The molecule has 0 bridgehead atoms. The highest BCUT2D eigenvalue weighted by Crippen LogP contribution is 2.15. The Labute approximate surface area is 106 Å². The number of nitrogens with one attached hydrogen (secondary N) is 1. The van der Waals surface area contributed by atoms with E-state index in [1.165, 1.54) is 0 Å². The molecule has 17 heavy (non-hydrogen) atoms. The van der Waals surface area contributed by atoms with Crippen molar-refractivity contribution < 1.29 is 0 Å². The van der Waals surface area contributed by atoms with Gasteiger partial charge >= 0.3 is 0 Å². The normalized spacial score (nSPS) is 10.5. The number of rotatable bonds is 4. The molecule has 0 aliphatic rings. The van der Waals surface area contributed by atoms with Crippen molar-refractivity contribution in [2.24, 2.45) is 7.05 Å². The van der Waals surface area contributed by atoms with Gasteiger partial charge in [-0.15, -0.1) is 0 Å². The maximum absolute atomic E-state index is 5.91. The van der Waals surface area contributed by atoms with E-state index in [4.69, 9.17) is 11.6 Å². The zero-order valence-corrected chi connectivity index (χ0v) is 10.7. The molecule has 0 amide bonds. The van der Waals surface area contributed by atoms with Gasteiger partial charge in [0.25, 0.3) is 0 Å². The third kappa shape index (κ3) is 2.97. The highest BCUT2D eigenvalue weighted by atomic mass is 35.5. The third-order valence-corrected chi connectivity index (χ3v) is 2.72. The highest BCUT2D eigenvalue weighted by molar-refractivity contribution is 6.30. The summed E-state index contributed by atoms with van der Waals surface area (Å²) in [4.78, 5) is 4.42. The van der Waals surface area contributed by atoms with Crippen LogP contribution in [0.4, 0.5) is 5.69 Å². The van der Waals surface area contributed by atoms with E-state index >= 15 is 0 Å². The van der Waals surface area contributed by atoms with Crippen LogP contribution in [0, 0.1) is 0 Å². The Morgan fingerprint density at radius 2 is 2.24 bits per heavy atom. The average molecular weight is 251 g/mol. The van der Waals surface area contributed by atoms with Crippen molar-refractivity contribution in [1.29, 1.82) is 0 Å². The van der Waals surface area contributed by atoms with Crippen LogP contribution in [0.3, 0.4) is 0 Å². The van der Waals surface area contributed by atoms with Gasteiger partial charge in [0.2, 0.25) is 0 Å². The Morgan fingerprint density at radius 1 is 1.41 bits per heavy atom. The SMILES string of the molecule is CCc1nc(CNc2cccc(Cl)c2)n(C)n1. The van der Waals surface area contributed by atoms with Gasteiger partial charge in [-0.1, -0.05) is 24.6 Å². The molecule has 1 aromatic carbocycles. The third-order valence-electron chi connectivity index (χ3n) is 2.49. The number of anilines is 1. The summed E-state index contributed by atoms with van der Waals surface area (Å²) in [5, 5.41) is 8.29. The number of aryl methyl sites for hydroxylation is 2. The lowest BCUT2D eigenvalue weighted by molar-refractivity contribution is 0.703. The number of aromatic nitrogens is 3. The van der Waals surface area contributed by atoms with Crippen LogP contribution in [-0.2, 0) is 20.0 Å². The molecular weight excluding hydrogens is 236 g/mol. The van der Waals surface area contributed by atoms with E-state index in [1.807, 2.05) is 38.2 Å². The van der Waals surface area contributed by atoms with Crippen molar-refractivity contribution in [1.82, 2.24) is 14.8 Å². The van der Waals surface area contributed by atoms with E-state index in [2.05, 4.69) is 15.4 Å². The van der Waals surface area contributed by atoms with Gasteiger partial charge in [-0.05, 0) is 18.2 Å². The molecule has 0 spiro atoms. The molecule has 90 valence electrons. The van der Waals surface area contributed by atoms with Crippen molar-refractivity contribution in [3.8, 4) is 0 Å². The first-order valence-electron chi connectivity index (χ1n) is 5.57. The van der Waals surface area contributed by atoms with E-state index < -0.39 is 0 Å². The van der Waals surface area contributed by atoms with Gasteiger partial charge < -0.3 is 5.32 Å². The Hall–Kier alpha value is -1.55. The van der Waals surface area contributed by atoms with Crippen LogP contribution in [0.5, 0.6) is 0 Å². The fraction of sp³-hybridized carbons (Fsp3) is 0.333. The molecule has 0 aliphatic carbocycles. The minimum atomic E-state index is 0.643. The van der Waals surface area contributed by atoms with Crippen LogP contribution in [0.15, 0.2) is 24.3 Å². The van der Waals surface area contributed by atoms with Gasteiger partial charge in [-0.3, -0.25) is 4.68 Å². The van der Waals surface area contributed by atoms with Gasteiger partial charge in [0.1, 0.15) is 5.82 Å². The van der Waals surface area contributed by atoms with Crippen LogP contribution in [0.1, 0.15) is 18.6 Å². The molecule has 1 N–H and O–H groups in total. The van der Waals surface area contributed by atoms with Gasteiger partial charge in [0.05, 0.1) is 6.54 Å². The summed E-state index contributed by atoms with van der Waals surface area (Å²) < 4.78 is 1.80. The maximum Gasteiger partial charge on any atom is 0.150 e. The second kappa shape index (κ2) is 5.19. The van der Waals surface area contributed by atoms with Gasteiger partial charge in [-0.25, -0.2) is 4.98 Å². The zero-order chi connectivity index (χ0) is 12.3. The van der Waals surface area contributed by atoms with Gasteiger partial charge in [-0.2, -0.15) is 5.10 Å². The van der Waals surface area contributed by atoms with Crippen LogP contribution >= 0.6 is 11.6 Å². The molecule has 0 aliphatic heterocycles. The topological polar surface area (TPSA) is 42.7 Å². The van der Waals surface area contributed by atoms with Crippen molar-refractivity contribution >= 4 is 17.3 Å². The maximum atomic E-state index is 5.91. The number of hydrogen-bond donors (Lipinski definition) is 1. The fourth-order valence-corrected chi connectivity index (χ4v) is 1.75. The van der Waals surface area contributed by atoms with E-state index in [0.717, 1.165) is 28.8 Å². The van der Waals surface area contributed by atoms with Gasteiger partial charge in [0.15, 0.2) is 5.82 Å². The van der Waals surface area contributed by atoms with E-state index in [0.29, 0.717) is 6.54 Å². The first kappa shape index (κ1) is 11.9. The summed E-state index contributed by atoms with van der Waals surface area (Å²) in [7, 11) is 1.90. The van der Waals surface area contributed by atoms with Crippen molar-refractivity contribution in [3.63, 3.8) is 0 Å². The fourth-order valence-electron chi connectivity index (χ4n) is 1.56. The second-order valence-corrected chi connectivity index (χ2v) is 4.22. The lowest BCUT2D eigenvalue weighted by Gasteiger charge is -2.05. The van der Waals surface area contributed by atoms with Crippen LogP contribution < -0.4 is 5.32 Å². The van der Waals surface area contributed by atoms with Crippen LogP contribution in [0.25, 0.3) is 0 Å². The van der Waals surface area contributed by atoms with Crippen molar-refractivity contribution in [3.05, 3.63) is 40.9 Å². The van der Waals surface area contributed by atoms with E-state index in [1.54, 1.807) is 4.68 Å². The highest BCUT2D eigenvalue weighted by Gasteiger charge is 2.05. The smallest absolute Gasteiger partial charge is 0.150 e. The average Bonchev–Trinajstić information content (AvgIpc) is 2.68. The Morgan fingerprint density at radius 3 is 2.88 bits per heavy atom. The second-order valence-electron chi connectivity index (χ2n) is 3.79. The molecule has 1 heterocycles. The molecule has 2 aromatic rings. The molecule has 0 fully saturated rings. The first-order chi connectivity index (χ1) is 8.19. The summed E-state index contributed by atoms with van der Waals surface area (Å²) in [5.41, 5.74) is 0.985. The molecule has 0 radical (unpaired) electrons. The molecule has 5 heteroatoms. The zero-order valence-electron chi connectivity index (χ0n) is 9.94. The molecule has 1 aromatic heterocycles. The molecule has 0 atom stereocenters.